The van der Waals surface area contributed by atoms with Crippen molar-refractivity contribution < 1.29 is 0 Å². The highest BCUT2D eigenvalue weighted by molar-refractivity contribution is 4.98. The zero-order chi connectivity index (χ0) is 9.26. The van der Waals surface area contributed by atoms with Gasteiger partial charge in [0.25, 0.3) is 5.56 Å². The third kappa shape index (κ3) is 1.52. The first-order valence-electron chi connectivity index (χ1n) is 4.72. The molecule has 0 aliphatic heterocycles. The van der Waals surface area contributed by atoms with Gasteiger partial charge < -0.3 is 10.3 Å². The Hall–Kier alpha value is -1.09. The summed E-state index contributed by atoms with van der Waals surface area (Å²) in [6, 6.07) is 5.60. The topological polar surface area (TPSA) is 48.0 Å². The van der Waals surface area contributed by atoms with Crippen LogP contribution in [0.2, 0.25) is 0 Å². The van der Waals surface area contributed by atoms with Crippen LogP contribution in [-0.2, 0) is 0 Å². The van der Waals surface area contributed by atoms with E-state index >= 15 is 0 Å². The molecule has 1 saturated carbocycles. The maximum atomic E-state index is 11.5. The summed E-state index contributed by atoms with van der Waals surface area (Å²) in [5.41, 5.74) is 5.98. The SMILES string of the molecule is NC1CCCC1n1ccccc1=O. The lowest BCUT2D eigenvalue weighted by Crippen LogP contribution is -2.33. The second-order valence-electron chi connectivity index (χ2n) is 3.61. The highest BCUT2D eigenvalue weighted by Crippen LogP contribution is 2.26. The molecule has 3 nitrogen and oxygen atoms in total. The molecule has 0 aromatic carbocycles. The predicted molar refractivity (Wildman–Crippen MR) is 51.6 cm³/mol. The zero-order valence-electron chi connectivity index (χ0n) is 7.52. The zero-order valence-corrected chi connectivity index (χ0v) is 7.52. The summed E-state index contributed by atoms with van der Waals surface area (Å²) in [4.78, 5) is 11.5. The van der Waals surface area contributed by atoms with Gasteiger partial charge in [0.05, 0.1) is 6.04 Å². The standard InChI is InChI=1S/C10H14N2O/c11-8-4-3-5-9(8)12-7-2-1-6-10(12)13/h1-2,6-9H,3-5,11H2. The molecule has 0 amide bonds. The Morgan fingerprint density at radius 2 is 2.23 bits per heavy atom. The smallest absolute Gasteiger partial charge is 0.250 e. The van der Waals surface area contributed by atoms with Crippen molar-refractivity contribution in [3.8, 4) is 0 Å². The van der Waals surface area contributed by atoms with Gasteiger partial charge >= 0.3 is 0 Å². The quantitative estimate of drug-likeness (QED) is 0.694. The molecular weight excluding hydrogens is 164 g/mol. The fourth-order valence-corrected chi connectivity index (χ4v) is 2.03. The molecule has 1 fully saturated rings. The van der Waals surface area contributed by atoms with E-state index in [1.54, 1.807) is 16.7 Å². The molecule has 0 spiro atoms. The number of hydrogen-bond donors (Lipinski definition) is 1. The van der Waals surface area contributed by atoms with Crippen molar-refractivity contribution in [3.63, 3.8) is 0 Å². The summed E-state index contributed by atoms with van der Waals surface area (Å²) in [5, 5.41) is 0. The van der Waals surface area contributed by atoms with Gasteiger partial charge in [-0.05, 0) is 25.3 Å². The molecule has 13 heavy (non-hydrogen) atoms. The van der Waals surface area contributed by atoms with Gasteiger partial charge in [-0.2, -0.15) is 0 Å². The monoisotopic (exact) mass is 178 g/mol. The van der Waals surface area contributed by atoms with Gasteiger partial charge in [-0.15, -0.1) is 0 Å². The maximum absolute atomic E-state index is 11.5. The first kappa shape index (κ1) is 8.51. The number of nitrogens with two attached hydrogens (primary N) is 1. The van der Waals surface area contributed by atoms with Crippen LogP contribution in [0.25, 0.3) is 0 Å². The maximum Gasteiger partial charge on any atom is 0.250 e. The average molecular weight is 178 g/mol. The van der Waals surface area contributed by atoms with Gasteiger partial charge in [0.1, 0.15) is 0 Å². The van der Waals surface area contributed by atoms with Crippen molar-refractivity contribution in [2.75, 3.05) is 0 Å². The van der Waals surface area contributed by atoms with E-state index in [9.17, 15) is 4.79 Å². The Kier molecular flexibility index (Phi) is 2.19. The number of pyridine rings is 1. The molecule has 1 aliphatic carbocycles. The molecule has 1 aliphatic rings. The average Bonchev–Trinajstić information content (AvgIpc) is 2.52. The molecular formula is C10H14N2O. The van der Waals surface area contributed by atoms with Crippen LogP contribution in [-0.4, -0.2) is 10.6 Å². The fraction of sp³-hybridized carbons (Fsp3) is 0.500. The molecule has 2 atom stereocenters. The van der Waals surface area contributed by atoms with Gasteiger partial charge in [0.2, 0.25) is 0 Å². The molecule has 2 rings (SSSR count). The van der Waals surface area contributed by atoms with Crippen LogP contribution in [0.5, 0.6) is 0 Å². The molecule has 2 unspecified atom stereocenters. The van der Waals surface area contributed by atoms with Crippen LogP contribution in [0.3, 0.4) is 0 Å². The third-order valence-electron chi connectivity index (χ3n) is 2.74. The van der Waals surface area contributed by atoms with Crippen molar-refractivity contribution in [1.29, 1.82) is 0 Å². The van der Waals surface area contributed by atoms with Crippen LogP contribution < -0.4 is 11.3 Å². The summed E-state index contributed by atoms with van der Waals surface area (Å²) < 4.78 is 1.76. The fourth-order valence-electron chi connectivity index (χ4n) is 2.03. The largest absolute Gasteiger partial charge is 0.326 e. The van der Waals surface area contributed by atoms with E-state index in [0.29, 0.717) is 0 Å². The van der Waals surface area contributed by atoms with E-state index < -0.39 is 0 Å². The van der Waals surface area contributed by atoms with E-state index in [2.05, 4.69) is 0 Å². The van der Waals surface area contributed by atoms with Crippen molar-refractivity contribution in [3.05, 3.63) is 34.7 Å². The van der Waals surface area contributed by atoms with Crippen molar-refractivity contribution in [1.82, 2.24) is 4.57 Å². The second kappa shape index (κ2) is 3.34. The Morgan fingerprint density at radius 3 is 2.85 bits per heavy atom. The van der Waals surface area contributed by atoms with E-state index in [-0.39, 0.29) is 17.6 Å². The normalized spacial score (nSPS) is 27.8. The minimum Gasteiger partial charge on any atom is -0.326 e. The lowest BCUT2D eigenvalue weighted by atomic mass is 10.2. The van der Waals surface area contributed by atoms with Crippen LogP contribution in [0.15, 0.2) is 29.2 Å². The summed E-state index contributed by atoms with van der Waals surface area (Å²) in [6.07, 6.45) is 5.03. The van der Waals surface area contributed by atoms with E-state index in [1.807, 2.05) is 12.3 Å². The first-order valence-corrected chi connectivity index (χ1v) is 4.72. The highest BCUT2D eigenvalue weighted by Gasteiger charge is 2.25. The molecule has 0 bridgehead atoms. The lowest BCUT2D eigenvalue weighted by Gasteiger charge is -2.17. The van der Waals surface area contributed by atoms with E-state index in [1.165, 1.54) is 0 Å². The minimum atomic E-state index is 0.0600. The van der Waals surface area contributed by atoms with Crippen molar-refractivity contribution in [2.24, 2.45) is 5.73 Å². The van der Waals surface area contributed by atoms with Crippen LogP contribution in [0.1, 0.15) is 25.3 Å². The molecule has 1 heterocycles. The Labute approximate surface area is 77.2 Å². The van der Waals surface area contributed by atoms with Crippen LogP contribution >= 0.6 is 0 Å². The molecule has 0 saturated heterocycles. The molecule has 0 radical (unpaired) electrons. The predicted octanol–water partition coefficient (Wildman–Crippen LogP) is 0.901. The third-order valence-corrected chi connectivity index (χ3v) is 2.74. The van der Waals surface area contributed by atoms with Gasteiger partial charge in [0, 0.05) is 18.3 Å². The number of rotatable bonds is 1. The van der Waals surface area contributed by atoms with Crippen molar-refractivity contribution in [2.45, 2.75) is 31.3 Å². The Bertz CT molecular complexity index is 345. The van der Waals surface area contributed by atoms with E-state index in [0.717, 1.165) is 19.3 Å². The van der Waals surface area contributed by atoms with Crippen LogP contribution in [0, 0.1) is 0 Å². The van der Waals surface area contributed by atoms with Gasteiger partial charge in [-0.3, -0.25) is 4.79 Å². The molecule has 1 aromatic rings. The highest BCUT2D eigenvalue weighted by atomic mass is 16.1. The number of aromatic nitrogens is 1. The molecule has 2 N–H and O–H groups in total. The minimum absolute atomic E-state index is 0.0600. The summed E-state index contributed by atoms with van der Waals surface area (Å²) in [5.74, 6) is 0. The van der Waals surface area contributed by atoms with Crippen LogP contribution in [0.4, 0.5) is 0 Å². The number of hydrogen-bond acceptors (Lipinski definition) is 2. The molecule has 1 aromatic heterocycles. The lowest BCUT2D eigenvalue weighted by molar-refractivity contribution is 0.450. The number of nitrogens with zero attached hydrogens (tertiary/aromatic N) is 1. The summed E-state index contributed by atoms with van der Waals surface area (Å²) in [6.45, 7) is 0. The first-order chi connectivity index (χ1) is 6.29. The van der Waals surface area contributed by atoms with Gasteiger partial charge in [-0.1, -0.05) is 6.07 Å². The molecule has 3 heteroatoms. The summed E-state index contributed by atoms with van der Waals surface area (Å²) >= 11 is 0. The van der Waals surface area contributed by atoms with Gasteiger partial charge in [0.15, 0.2) is 0 Å². The van der Waals surface area contributed by atoms with Crippen molar-refractivity contribution >= 4 is 0 Å². The Balaban J connectivity index is 2.35. The molecule has 70 valence electrons. The Morgan fingerprint density at radius 1 is 1.38 bits per heavy atom. The summed E-state index contributed by atoms with van der Waals surface area (Å²) in [7, 11) is 0. The van der Waals surface area contributed by atoms with E-state index in [4.69, 9.17) is 5.73 Å². The second-order valence-corrected chi connectivity index (χ2v) is 3.61. The van der Waals surface area contributed by atoms with Gasteiger partial charge in [-0.25, -0.2) is 0 Å².